The number of fused-ring (bicyclic) bond motifs is 2. The largest absolute Gasteiger partial charge is 0.338 e. The van der Waals surface area contributed by atoms with Crippen molar-refractivity contribution in [2.75, 3.05) is 10.6 Å². The fourth-order valence-electron chi connectivity index (χ4n) is 1.89. The van der Waals surface area contributed by atoms with Crippen LogP contribution in [0.5, 0.6) is 0 Å². The van der Waals surface area contributed by atoms with E-state index in [0.717, 1.165) is 0 Å². The molecule has 1 aromatic heterocycles. The Morgan fingerprint density at radius 3 is 2.65 bits per heavy atom. The van der Waals surface area contributed by atoms with Gasteiger partial charge in [0.05, 0.1) is 21.8 Å². The third-order valence-electron chi connectivity index (χ3n) is 2.83. The Balaban J connectivity index is 2.16. The number of nitrogens with one attached hydrogen (secondary N) is 2. The molecule has 2 aromatic rings. The zero-order valence-corrected chi connectivity index (χ0v) is 11.5. The molecule has 0 fully saturated rings. The third kappa shape index (κ3) is 2.21. The first-order chi connectivity index (χ1) is 9.45. The van der Waals surface area contributed by atoms with E-state index in [9.17, 15) is 13.2 Å². The van der Waals surface area contributed by atoms with E-state index in [4.69, 9.17) is 10.7 Å². The summed E-state index contributed by atoms with van der Waals surface area (Å²) in [5.41, 5.74) is 1.16. The minimum atomic E-state index is -3.89. The lowest BCUT2D eigenvalue weighted by atomic mass is 10.1. The summed E-state index contributed by atoms with van der Waals surface area (Å²) in [6.07, 6.45) is 1.58. The molecule has 0 saturated heterocycles. The first-order valence-electron chi connectivity index (χ1n) is 5.57. The Bertz CT molecular complexity index is 820. The molecule has 102 valence electrons. The molecule has 1 aromatic carbocycles. The zero-order chi connectivity index (χ0) is 14.3. The number of hydrogen-bond donors (Lipinski definition) is 2. The molecule has 20 heavy (non-hydrogen) atoms. The molecule has 0 aliphatic carbocycles. The Labute approximate surface area is 119 Å². The van der Waals surface area contributed by atoms with Crippen molar-refractivity contribution >= 4 is 42.8 Å². The second-order valence-corrected chi connectivity index (χ2v) is 6.69. The molecule has 0 saturated carbocycles. The molecule has 0 unspecified atom stereocenters. The number of nitrogens with zero attached hydrogens (tertiary/aromatic N) is 1. The van der Waals surface area contributed by atoms with Crippen LogP contribution in [-0.2, 0) is 9.05 Å². The number of carbonyl (C=O) groups is 1. The topological polar surface area (TPSA) is 88.2 Å². The van der Waals surface area contributed by atoms with Crippen LogP contribution in [0.3, 0.4) is 0 Å². The predicted octanol–water partition coefficient (Wildman–Crippen LogP) is 2.32. The molecule has 0 spiro atoms. The van der Waals surface area contributed by atoms with Gasteiger partial charge in [-0.25, -0.2) is 13.4 Å². The highest BCUT2D eigenvalue weighted by Gasteiger charge is 2.22. The van der Waals surface area contributed by atoms with Crippen molar-refractivity contribution in [2.24, 2.45) is 0 Å². The quantitative estimate of drug-likeness (QED) is 0.789. The van der Waals surface area contributed by atoms with E-state index in [0.29, 0.717) is 17.2 Å². The van der Waals surface area contributed by atoms with Crippen LogP contribution in [0.2, 0.25) is 0 Å². The molecule has 8 heteroatoms. The van der Waals surface area contributed by atoms with Crippen molar-refractivity contribution in [3.8, 4) is 0 Å². The maximum atomic E-state index is 12.1. The van der Waals surface area contributed by atoms with Crippen molar-refractivity contribution in [1.82, 2.24) is 4.98 Å². The first kappa shape index (κ1) is 12.9. The predicted molar refractivity (Wildman–Crippen MR) is 75.0 cm³/mol. The van der Waals surface area contributed by atoms with E-state index in [1.165, 1.54) is 18.2 Å². The monoisotopic (exact) mass is 309 g/mol. The van der Waals surface area contributed by atoms with Crippen LogP contribution < -0.4 is 10.6 Å². The number of anilines is 3. The lowest BCUT2D eigenvalue weighted by Gasteiger charge is -2.07. The lowest BCUT2D eigenvalue weighted by Crippen LogP contribution is -2.11. The van der Waals surface area contributed by atoms with Gasteiger partial charge in [0.15, 0.2) is 5.82 Å². The van der Waals surface area contributed by atoms with Gasteiger partial charge in [0.2, 0.25) is 0 Å². The summed E-state index contributed by atoms with van der Waals surface area (Å²) in [7, 11) is 1.40. The van der Waals surface area contributed by atoms with Gasteiger partial charge in [0.25, 0.3) is 15.0 Å². The van der Waals surface area contributed by atoms with Crippen LogP contribution in [0.15, 0.2) is 41.4 Å². The zero-order valence-electron chi connectivity index (χ0n) is 9.92. The minimum absolute atomic E-state index is 0.131. The van der Waals surface area contributed by atoms with Gasteiger partial charge in [-0.05, 0) is 30.3 Å². The molecule has 2 N–H and O–H groups in total. The number of halogens is 1. The summed E-state index contributed by atoms with van der Waals surface area (Å²) in [6, 6.07) is 7.42. The van der Waals surface area contributed by atoms with Crippen LogP contribution in [0, 0.1) is 0 Å². The molecule has 0 radical (unpaired) electrons. The molecule has 1 aliphatic heterocycles. The van der Waals surface area contributed by atoms with Gasteiger partial charge in [0.1, 0.15) is 0 Å². The van der Waals surface area contributed by atoms with Crippen molar-refractivity contribution in [2.45, 2.75) is 4.90 Å². The van der Waals surface area contributed by atoms with Crippen LogP contribution >= 0.6 is 10.7 Å². The lowest BCUT2D eigenvalue weighted by molar-refractivity contribution is 0.102. The summed E-state index contributed by atoms with van der Waals surface area (Å²) in [5.74, 6) is 0.0579. The molecular formula is C12H8ClN3O3S. The van der Waals surface area contributed by atoms with Crippen LogP contribution in [0.25, 0.3) is 0 Å². The van der Waals surface area contributed by atoms with Gasteiger partial charge < -0.3 is 10.6 Å². The standard InChI is InChI=1S/C12H8ClN3O3S/c13-20(18,19)7-3-4-9-8(6-7)12(17)16-10-2-1-5-14-11(10)15-9/h1-6H,(H,14,15)(H,16,17). The molecular weight excluding hydrogens is 302 g/mol. The van der Waals surface area contributed by atoms with Crippen molar-refractivity contribution in [1.29, 1.82) is 0 Å². The fraction of sp³-hybridized carbons (Fsp3) is 0. The first-order valence-corrected chi connectivity index (χ1v) is 7.88. The van der Waals surface area contributed by atoms with Crippen molar-refractivity contribution < 1.29 is 13.2 Å². The molecule has 0 bridgehead atoms. The number of amides is 1. The fourth-order valence-corrected chi connectivity index (χ4v) is 2.67. The van der Waals surface area contributed by atoms with Gasteiger partial charge in [-0.15, -0.1) is 0 Å². The SMILES string of the molecule is O=C1Nc2cccnc2Nc2ccc(S(=O)(=O)Cl)cc21. The second-order valence-electron chi connectivity index (χ2n) is 4.12. The Hall–Kier alpha value is -2.12. The molecule has 2 heterocycles. The summed E-state index contributed by atoms with van der Waals surface area (Å²) >= 11 is 0. The number of carbonyl (C=O) groups excluding carboxylic acids is 1. The van der Waals surface area contributed by atoms with E-state index in [2.05, 4.69) is 15.6 Å². The Morgan fingerprint density at radius 1 is 1.10 bits per heavy atom. The van der Waals surface area contributed by atoms with Crippen LogP contribution in [0.4, 0.5) is 17.2 Å². The normalized spacial score (nSPS) is 13.6. The maximum Gasteiger partial charge on any atom is 0.261 e. The van der Waals surface area contributed by atoms with Gasteiger partial charge >= 0.3 is 0 Å². The number of hydrogen-bond acceptors (Lipinski definition) is 5. The maximum absolute atomic E-state index is 12.1. The van der Waals surface area contributed by atoms with Gasteiger partial charge in [0, 0.05) is 16.9 Å². The smallest absolute Gasteiger partial charge is 0.261 e. The third-order valence-corrected chi connectivity index (χ3v) is 4.18. The highest BCUT2D eigenvalue weighted by atomic mass is 35.7. The number of aromatic nitrogens is 1. The van der Waals surface area contributed by atoms with Gasteiger partial charge in [-0.2, -0.15) is 0 Å². The second kappa shape index (κ2) is 4.46. The summed E-state index contributed by atoms with van der Waals surface area (Å²) in [5, 5.41) is 5.64. The molecule has 1 aliphatic rings. The number of benzene rings is 1. The number of pyridine rings is 1. The molecule has 0 atom stereocenters. The highest BCUT2D eigenvalue weighted by Crippen LogP contribution is 2.31. The Morgan fingerprint density at radius 2 is 1.90 bits per heavy atom. The summed E-state index contributed by atoms with van der Waals surface area (Å²) in [4.78, 5) is 16.1. The minimum Gasteiger partial charge on any atom is -0.338 e. The van der Waals surface area contributed by atoms with E-state index < -0.39 is 15.0 Å². The summed E-state index contributed by atoms with van der Waals surface area (Å²) in [6.45, 7) is 0. The van der Waals surface area contributed by atoms with Crippen LogP contribution in [0.1, 0.15) is 10.4 Å². The molecule has 1 amide bonds. The van der Waals surface area contributed by atoms with E-state index in [1.807, 2.05) is 0 Å². The highest BCUT2D eigenvalue weighted by molar-refractivity contribution is 8.13. The van der Waals surface area contributed by atoms with Gasteiger partial charge in [-0.1, -0.05) is 0 Å². The average Bonchev–Trinajstić information content (AvgIpc) is 2.53. The molecule has 6 nitrogen and oxygen atoms in total. The molecule has 3 rings (SSSR count). The number of rotatable bonds is 1. The van der Waals surface area contributed by atoms with Gasteiger partial charge in [-0.3, -0.25) is 4.79 Å². The average molecular weight is 310 g/mol. The van der Waals surface area contributed by atoms with Crippen molar-refractivity contribution in [3.63, 3.8) is 0 Å². The Kier molecular flexibility index (Phi) is 2.88. The van der Waals surface area contributed by atoms with Crippen LogP contribution in [-0.4, -0.2) is 19.3 Å². The van der Waals surface area contributed by atoms with Crippen molar-refractivity contribution in [3.05, 3.63) is 42.1 Å². The van der Waals surface area contributed by atoms with E-state index in [-0.39, 0.29) is 10.5 Å². The summed E-state index contributed by atoms with van der Waals surface area (Å²) < 4.78 is 22.7. The van der Waals surface area contributed by atoms with E-state index >= 15 is 0 Å². The van der Waals surface area contributed by atoms with E-state index in [1.54, 1.807) is 18.3 Å².